The molecule has 2 nitrogen and oxygen atoms in total. The number of ether oxygens (including phenoxy) is 1. The molecular formula is C18H29NO. The molecule has 2 rings (SSSR count). The molecule has 1 saturated carbocycles. The summed E-state index contributed by atoms with van der Waals surface area (Å²) in [6, 6.07) is 8.53. The van der Waals surface area contributed by atoms with Crippen molar-refractivity contribution in [2.45, 2.75) is 51.9 Å². The first kappa shape index (κ1) is 15.4. The van der Waals surface area contributed by atoms with Crippen molar-refractivity contribution in [1.82, 2.24) is 0 Å². The first-order valence-corrected chi connectivity index (χ1v) is 8.19. The molecule has 0 aromatic heterocycles. The van der Waals surface area contributed by atoms with E-state index in [0.29, 0.717) is 5.92 Å². The summed E-state index contributed by atoms with van der Waals surface area (Å²) in [5.74, 6) is 2.31. The van der Waals surface area contributed by atoms with E-state index in [9.17, 15) is 0 Å². The Morgan fingerprint density at radius 2 is 1.95 bits per heavy atom. The standard InChI is InChI=1S/C18H29NO/c1-15(13-19)11-17-9-6-10-18(12-17)20-14-16-7-4-2-3-5-8-16/h6,9-10,12,15-16H,2-5,7-8,11,13-14,19H2,1H3/t15-/m1/s1. The zero-order valence-electron chi connectivity index (χ0n) is 12.8. The van der Waals surface area contributed by atoms with Gasteiger partial charge in [0.15, 0.2) is 0 Å². The molecule has 1 atom stereocenters. The van der Waals surface area contributed by atoms with Crippen molar-refractivity contribution < 1.29 is 4.74 Å². The van der Waals surface area contributed by atoms with E-state index in [1.54, 1.807) is 0 Å². The Bertz CT molecular complexity index is 383. The van der Waals surface area contributed by atoms with Gasteiger partial charge in [-0.05, 0) is 55.3 Å². The largest absolute Gasteiger partial charge is 0.493 e. The average Bonchev–Trinajstić information content (AvgIpc) is 2.74. The van der Waals surface area contributed by atoms with Crippen molar-refractivity contribution in [3.8, 4) is 5.75 Å². The summed E-state index contributed by atoms with van der Waals surface area (Å²) in [5, 5.41) is 0. The molecule has 1 aromatic rings. The third kappa shape index (κ3) is 5.16. The Labute approximate surface area is 123 Å². The van der Waals surface area contributed by atoms with Gasteiger partial charge in [-0.2, -0.15) is 0 Å². The first-order valence-electron chi connectivity index (χ1n) is 8.19. The minimum absolute atomic E-state index is 0.534. The van der Waals surface area contributed by atoms with Crippen LogP contribution in [0.5, 0.6) is 5.75 Å². The van der Waals surface area contributed by atoms with Crippen LogP contribution in [-0.2, 0) is 6.42 Å². The van der Waals surface area contributed by atoms with Crippen LogP contribution < -0.4 is 10.5 Å². The number of hydrogen-bond donors (Lipinski definition) is 1. The zero-order chi connectivity index (χ0) is 14.2. The van der Waals surface area contributed by atoms with Gasteiger partial charge in [0.25, 0.3) is 0 Å². The lowest BCUT2D eigenvalue weighted by Crippen LogP contribution is -2.13. The van der Waals surface area contributed by atoms with E-state index in [0.717, 1.165) is 31.2 Å². The summed E-state index contributed by atoms with van der Waals surface area (Å²) in [7, 11) is 0. The Morgan fingerprint density at radius 3 is 2.65 bits per heavy atom. The average molecular weight is 275 g/mol. The normalized spacial score (nSPS) is 18.5. The Balaban J connectivity index is 1.84. The molecule has 0 saturated heterocycles. The topological polar surface area (TPSA) is 35.2 Å². The number of nitrogens with two attached hydrogens (primary N) is 1. The molecule has 2 heteroatoms. The zero-order valence-corrected chi connectivity index (χ0v) is 12.8. The van der Waals surface area contributed by atoms with E-state index in [-0.39, 0.29) is 0 Å². The highest BCUT2D eigenvalue weighted by atomic mass is 16.5. The van der Waals surface area contributed by atoms with E-state index in [4.69, 9.17) is 10.5 Å². The van der Waals surface area contributed by atoms with Crippen molar-refractivity contribution in [2.24, 2.45) is 17.6 Å². The van der Waals surface area contributed by atoms with Crippen LogP contribution in [0.4, 0.5) is 0 Å². The van der Waals surface area contributed by atoms with Gasteiger partial charge in [0.05, 0.1) is 6.61 Å². The van der Waals surface area contributed by atoms with Crippen LogP contribution in [-0.4, -0.2) is 13.2 Å². The molecule has 0 radical (unpaired) electrons. The smallest absolute Gasteiger partial charge is 0.119 e. The van der Waals surface area contributed by atoms with Crippen molar-refractivity contribution in [2.75, 3.05) is 13.2 Å². The van der Waals surface area contributed by atoms with E-state index in [1.165, 1.54) is 44.1 Å². The van der Waals surface area contributed by atoms with E-state index < -0.39 is 0 Å². The van der Waals surface area contributed by atoms with E-state index >= 15 is 0 Å². The van der Waals surface area contributed by atoms with Crippen molar-refractivity contribution >= 4 is 0 Å². The van der Waals surface area contributed by atoms with Crippen LogP contribution in [0, 0.1) is 11.8 Å². The van der Waals surface area contributed by atoms with Gasteiger partial charge in [0, 0.05) is 0 Å². The molecular weight excluding hydrogens is 246 g/mol. The molecule has 0 heterocycles. The van der Waals surface area contributed by atoms with E-state index in [2.05, 4.69) is 31.2 Å². The Hall–Kier alpha value is -1.02. The number of benzene rings is 1. The van der Waals surface area contributed by atoms with Crippen LogP contribution in [0.2, 0.25) is 0 Å². The first-order chi connectivity index (χ1) is 9.78. The van der Waals surface area contributed by atoms with Gasteiger partial charge in [0.2, 0.25) is 0 Å². The lowest BCUT2D eigenvalue weighted by molar-refractivity contribution is 0.233. The molecule has 112 valence electrons. The summed E-state index contributed by atoms with van der Waals surface area (Å²) in [6.45, 7) is 3.82. The predicted octanol–water partition coefficient (Wildman–Crippen LogP) is 4.17. The van der Waals surface area contributed by atoms with Crippen molar-refractivity contribution in [3.05, 3.63) is 29.8 Å². The molecule has 1 fully saturated rings. The van der Waals surface area contributed by atoms with Gasteiger partial charge in [0.1, 0.15) is 5.75 Å². The second-order valence-electron chi connectivity index (χ2n) is 6.36. The van der Waals surface area contributed by atoms with Gasteiger partial charge in [-0.25, -0.2) is 0 Å². The summed E-state index contributed by atoms with van der Waals surface area (Å²) < 4.78 is 6.03. The predicted molar refractivity (Wildman–Crippen MR) is 85.1 cm³/mol. The molecule has 0 unspecified atom stereocenters. The summed E-state index contributed by atoms with van der Waals surface area (Å²) in [6.07, 6.45) is 9.28. The van der Waals surface area contributed by atoms with Gasteiger partial charge >= 0.3 is 0 Å². The fourth-order valence-corrected chi connectivity index (χ4v) is 2.99. The maximum atomic E-state index is 6.03. The minimum atomic E-state index is 0.534. The van der Waals surface area contributed by atoms with Gasteiger partial charge in [-0.15, -0.1) is 0 Å². The van der Waals surface area contributed by atoms with Crippen LogP contribution in [0.25, 0.3) is 0 Å². The molecule has 20 heavy (non-hydrogen) atoms. The summed E-state index contributed by atoms with van der Waals surface area (Å²) in [4.78, 5) is 0. The molecule has 0 amide bonds. The fraction of sp³-hybridized carbons (Fsp3) is 0.667. The lowest BCUT2D eigenvalue weighted by Gasteiger charge is -2.16. The highest BCUT2D eigenvalue weighted by Gasteiger charge is 2.13. The molecule has 2 N–H and O–H groups in total. The molecule has 0 spiro atoms. The Morgan fingerprint density at radius 1 is 1.20 bits per heavy atom. The number of rotatable bonds is 6. The van der Waals surface area contributed by atoms with Gasteiger partial charge in [-0.1, -0.05) is 44.7 Å². The van der Waals surface area contributed by atoms with Gasteiger partial charge in [-0.3, -0.25) is 0 Å². The quantitative estimate of drug-likeness (QED) is 0.791. The molecule has 0 aliphatic heterocycles. The third-order valence-electron chi connectivity index (χ3n) is 4.35. The maximum Gasteiger partial charge on any atom is 0.119 e. The highest BCUT2D eigenvalue weighted by Crippen LogP contribution is 2.24. The van der Waals surface area contributed by atoms with Crippen molar-refractivity contribution in [3.63, 3.8) is 0 Å². The van der Waals surface area contributed by atoms with Crippen LogP contribution in [0.15, 0.2) is 24.3 Å². The van der Waals surface area contributed by atoms with E-state index in [1.807, 2.05) is 0 Å². The van der Waals surface area contributed by atoms with Crippen LogP contribution in [0.1, 0.15) is 51.0 Å². The summed E-state index contributed by atoms with van der Waals surface area (Å²) in [5.41, 5.74) is 7.03. The highest BCUT2D eigenvalue weighted by molar-refractivity contribution is 5.28. The fourth-order valence-electron chi connectivity index (χ4n) is 2.99. The Kier molecular flexibility index (Phi) is 6.38. The minimum Gasteiger partial charge on any atom is -0.493 e. The van der Waals surface area contributed by atoms with Gasteiger partial charge < -0.3 is 10.5 Å². The third-order valence-corrected chi connectivity index (χ3v) is 4.35. The second kappa shape index (κ2) is 8.31. The number of hydrogen-bond acceptors (Lipinski definition) is 2. The van der Waals surface area contributed by atoms with Crippen LogP contribution in [0.3, 0.4) is 0 Å². The monoisotopic (exact) mass is 275 g/mol. The molecule has 1 aromatic carbocycles. The second-order valence-corrected chi connectivity index (χ2v) is 6.36. The van der Waals surface area contributed by atoms with Crippen LogP contribution >= 0.6 is 0 Å². The maximum absolute atomic E-state index is 6.03. The summed E-state index contributed by atoms with van der Waals surface area (Å²) >= 11 is 0. The molecule has 0 bridgehead atoms. The molecule has 1 aliphatic carbocycles. The molecule has 1 aliphatic rings. The SMILES string of the molecule is C[C@@H](CN)Cc1cccc(OCC2CCCCCC2)c1. The lowest BCUT2D eigenvalue weighted by atomic mass is 10.0. The van der Waals surface area contributed by atoms with Crippen molar-refractivity contribution in [1.29, 1.82) is 0 Å².